The number of piperidine rings is 1. The zero-order chi connectivity index (χ0) is 20.4. The first-order valence-corrected chi connectivity index (χ1v) is 10.8. The molecular formula is C20H21N3O5S. The fourth-order valence-electron chi connectivity index (χ4n) is 3.36. The molecule has 9 heteroatoms. The van der Waals surface area contributed by atoms with Crippen LogP contribution in [-0.4, -0.2) is 44.6 Å². The van der Waals surface area contributed by atoms with Crippen molar-refractivity contribution in [3.63, 3.8) is 0 Å². The maximum absolute atomic E-state index is 12.8. The number of methoxy groups -OCH3 is 1. The zero-order valence-corrected chi connectivity index (χ0v) is 16.7. The first-order valence-electron chi connectivity index (χ1n) is 9.33. The molecule has 152 valence electrons. The molecule has 0 aliphatic carbocycles. The highest BCUT2D eigenvalue weighted by Crippen LogP contribution is 2.26. The average Bonchev–Trinajstić information content (AvgIpc) is 3.17. The lowest BCUT2D eigenvalue weighted by Gasteiger charge is -2.25. The quantitative estimate of drug-likeness (QED) is 0.686. The van der Waals surface area contributed by atoms with Gasteiger partial charge in [-0.25, -0.2) is 8.42 Å². The van der Waals surface area contributed by atoms with E-state index in [0.717, 1.165) is 19.3 Å². The Hall–Kier alpha value is -3.07. The molecule has 0 saturated carbocycles. The predicted molar refractivity (Wildman–Crippen MR) is 108 cm³/mol. The normalized spacial score (nSPS) is 14.7. The molecule has 2 aromatic carbocycles. The minimum absolute atomic E-state index is 0.0247. The highest BCUT2D eigenvalue weighted by Gasteiger charge is 2.25. The lowest BCUT2D eigenvalue weighted by molar-refractivity contribution is 0.0716. The van der Waals surface area contributed by atoms with Crippen molar-refractivity contribution in [3.05, 3.63) is 48.2 Å². The maximum Gasteiger partial charge on any atom is 0.276 e. The standard InChI is InChI=1S/C20H21N3O5S/c1-27-15-7-5-14(6-8-15)22-29(25,26)16-9-10-18-17(13-16)19(21-28-18)20(24)23-11-3-2-4-12-23/h5-10,13,22H,2-4,11-12H2,1H3. The number of nitrogens with zero attached hydrogens (tertiary/aromatic N) is 2. The largest absolute Gasteiger partial charge is 0.497 e. The van der Waals surface area contributed by atoms with Gasteiger partial charge in [0.15, 0.2) is 11.3 Å². The molecule has 0 atom stereocenters. The number of carbonyl (C=O) groups excluding carboxylic acids is 1. The lowest BCUT2D eigenvalue weighted by Crippen LogP contribution is -2.35. The molecule has 4 rings (SSSR count). The van der Waals surface area contributed by atoms with Crippen LogP contribution in [-0.2, 0) is 10.0 Å². The van der Waals surface area contributed by atoms with Gasteiger partial charge in [0.25, 0.3) is 15.9 Å². The number of carbonyl (C=O) groups is 1. The summed E-state index contributed by atoms with van der Waals surface area (Å²) in [5.41, 5.74) is 0.915. The van der Waals surface area contributed by atoms with Gasteiger partial charge in [-0.3, -0.25) is 9.52 Å². The summed E-state index contributed by atoms with van der Waals surface area (Å²) >= 11 is 0. The minimum atomic E-state index is -3.85. The van der Waals surface area contributed by atoms with E-state index in [-0.39, 0.29) is 16.5 Å². The van der Waals surface area contributed by atoms with Crippen molar-refractivity contribution in [2.45, 2.75) is 24.2 Å². The van der Waals surface area contributed by atoms with Crippen molar-refractivity contribution in [1.82, 2.24) is 10.1 Å². The van der Waals surface area contributed by atoms with Gasteiger partial charge in [-0.15, -0.1) is 0 Å². The topological polar surface area (TPSA) is 102 Å². The van der Waals surface area contributed by atoms with Crippen LogP contribution in [0.1, 0.15) is 29.8 Å². The summed E-state index contributed by atoms with van der Waals surface area (Å²) in [4.78, 5) is 14.6. The van der Waals surface area contributed by atoms with E-state index in [4.69, 9.17) is 9.26 Å². The predicted octanol–water partition coefficient (Wildman–Crippen LogP) is 3.26. The minimum Gasteiger partial charge on any atom is -0.497 e. The Balaban J connectivity index is 1.64. The van der Waals surface area contributed by atoms with Crippen LogP contribution in [0.2, 0.25) is 0 Å². The Morgan fingerprint density at radius 1 is 1.10 bits per heavy atom. The third-order valence-electron chi connectivity index (χ3n) is 4.94. The van der Waals surface area contributed by atoms with Gasteiger partial charge in [0.1, 0.15) is 5.75 Å². The second kappa shape index (κ2) is 7.75. The van der Waals surface area contributed by atoms with Crippen LogP contribution in [0.3, 0.4) is 0 Å². The molecule has 2 heterocycles. The van der Waals surface area contributed by atoms with E-state index in [9.17, 15) is 13.2 Å². The van der Waals surface area contributed by atoms with Crippen molar-refractivity contribution in [3.8, 4) is 5.75 Å². The molecule has 0 spiro atoms. The lowest BCUT2D eigenvalue weighted by atomic mass is 10.1. The Bertz CT molecular complexity index is 1130. The Morgan fingerprint density at radius 2 is 1.83 bits per heavy atom. The van der Waals surface area contributed by atoms with Crippen LogP contribution in [0.15, 0.2) is 51.9 Å². The smallest absolute Gasteiger partial charge is 0.276 e. The molecule has 1 fully saturated rings. The van der Waals surface area contributed by atoms with Crippen molar-refractivity contribution < 1.29 is 22.5 Å². The molecule has 0 bridgehead atoms. The molecule has 3 aromatic rings. The van der Waals surface area contributed by atoms with Gasteiger partial charge in [-0.05, 0) is 61.7 Å². The molecule has 1 aliphatic rings. The van der Waals surface area contributed by atoms with E-state index >= 15 is 0 Å². The Labute approximate surface area is 168 Å². The molecule has 1 aromatic heterocycles. The van der Waals surface area contributed by atoms with Gasteiger partial charge in [-0.2, -0.15) is 0 Å². The number of aromatic nitrogens is 1. The number of benzene rings is 2. The van der Waals surface area contributed by atoms with E-state index in [1.807, 2.05) is 0 Å². The van der Waals surface area contributed by atoms with Gasteiger partial charge < -0.3 is 14.2 Å². The van der Waals surface area contributed by atoms with Crippen LogP contribution in [0.25, 0.3) is 11.0 Å². The summed E-state index contributed by atoms with van der Waals surface area (Å²) in [6.45, 7) is 1.34. The molecule has 0 radical (unpaired) electrons. The van der Waals surface area contributed by atoms with Crippen LogP contribution < -0.4 is 9.46 Å². The zero-order valence-electron chi connectivity index (χ0n) is 15.9. The third kappa shape index (κ3) is 3.91. The van der Waals surface area contributed by atoms with Gasteiger partial charge in [0, 0.05) is 18.8 Å². The van der Waals surface area contributed by atoms with Crippen LogP contribution in [0, 0.1) is 0 Å². The van der Waals surface area contributed by atoms with E-state index in [1.165, 1.54) is 25.3 Å². The second-order valence-corrected chi connectivity index (χ2v) is 8.56. The van der Waals surface area contributed by atoms with Gasteiger partial charge in [0.2, 0.25) is 0 Å². The number of anilines is 1. The summed E-state index contributed by atoms with van der Waals surface area (Å²) in [6.07, 6.45) is 3.00. The summed E-state index contributed by atoms with van der Waals surface area (Å²) in [5.74, 6) is 0.390. The van der Waals surface area contributed by atoms with Gasteiger partial charge in [0.05, 0.1) is 17.4 Å². The number of hydrogen-bond acceptors (Lipinski definition) is 6. The van der Waals surface area contributed by atoms with Crippen LogP contribution in [0.5, 0.6) is 5.75 Å². The number of ether oxygens (including phenoxy) is 1. The summed E-state index contributed by atoms with van der Waals surface area (Å²) in [5, 5.41) is 4.29. The molecule has 1 N–H and O–H groups in total. The number of rotatable bonds is 5. The monoisotopic (exact) mass is 415 g/mol. The first-order chi connectivity index (χ1) is 14.0. The fourth-order valence-corrected chi connectivity index (χ4v) is 4.44. The highest BCUT2D eigenvalue weighted by atomic mass is 32.2. The van der Waals surface area contributed by atoms with E-state index < -0.39 is 10.0 Å². The number of amides is 1. The van der Waals surface area contributed by atoms with Crippen molar-refractivity contribution in [2.24, 2.45) is 0 Å². The van der Waals surface area contributed by atoms with Crippen LogP contribution >= 0.6 is 0 Å². The molecular weight excluding hydrogens is 394 g/mol. The molecule has 1 amide bonds. The van der Waals surface area contributed by atoms with Gasteiger partial charge in [-0.1, -0.05) is 5.16 Å². The number of likely N-dealkylation sites (tertiary alicyclic amines) is 1. The summed E-state index contributed by atoms with van der Waals surface area (Å²) in [7, 11) is -2.32. The second-order valence-electron chi connectivity index (χ2n) is 6.88. The van der Waals surface area contributed by atoms with Crippen molar-refractivity contribution in [1.29, 1.82) is 0 Å². The highest BCUT2D eigenvalue weighted by molar-refractivity contribution is 7.92. The SMILES string of the molecule is COc1ccc(NS(=O)(=O)c2ccc3onc(C(=O)N4CCCCC4)c3c2)cc1. The Morgan fingerprint density at radius 3 is 2.52 bits per heavy atom. The first kappa shape index (κ1) is 19.3. The number of nitrogens with one attached hydrogen (secondary N) is 1. The number of hydrogen-bond donors (Lipinski definition) is 1. The summed E-state index contributed by atoms with van der Waals surface area (Å²) in [6, 6.07) is 10.9. The fraction of sp³-hybridized carbons (Fsp3) is 0.300. The van der Waals surface area contributed by atoms with E-state index in [0.29, 0.717) is 35.5 Å². The van der Waals surface area contributed by atoms with E-state index in [1.54, 1.807) is 29.2 Å². The Kier molecular flexibility index (Phi) is 5.14. The molecule has 1 aliphatic heterocycles. The van der Waals surface area contributed by atoms with E-state index in [2.05, 4.69) is 9.88 Å². The molecule has 0 unspecified atom stereocenters. The molecule has 8 nitrogen and oxygen atoms in total. The molecule has 29 heavy (non-hydrogen) atoms. The third-order valence-corrected chi connectivity index (χ3v) is 6.32. The van der Waals surface area contributed by atoms with Crippen LogP contribution in [0.4, 0.5) is 5.69 Å². The number of fused-ring (bicyclic) bond motifs is 1. The maximum atomic E-state index is 12.8. The van der Waals surface area contributed by atoms with Gasteiger partial charge >= 0.3 is 0 Å². The summed E-state index contributed by atoms with van der Waals surface area (Å²) < 4.78 is 38.5. The van der Waals surface area contributed by atoms with Crippen molar-refractivity contribution >= 4 is 32.6 Å². The average molecular weight is 415 g/mol. The number of sulfonamides is 1. The van der Waals surface area contributed by atoms with Crippen molar-refractivity contribution in [2.75, 3.05) is 24.9 Å². The molecule has 1 saturated heterocycles.